The van der Waals surface area contributed by atoms with Crippen molar-refractivity contribution < 1.29 is 0 Å². The highest BCUT2D eigenvalue weighted by atomic mass is 16.1. The molecule has 1 atom stereocenters. The molecule has 2 aliphatic rings. The van der Waals surface area contributed by atoms with Gasteiger partial charge in [-0.3, -0.25) is 19.2 Å². The summed E-state index contributed by atoms with van der Waals surface area (Å²) in [5, 5.41) is 0.706. The molecule has 120 valence electrons. The lowest BCUT2D eigenvalue weighted by Gasteiger charge is -2.31. The standard InChI is InChI=1S/C19H18N4O/c24-19-16-6-5-13(14-3-1-7-20-10-14)9-17(16)21-18-12-22-8-2-4-15(22)11-23(18)19/h1,3,5-7,9-10,15H,2,4,8,11-12H2. The third-order valence-corrected chi connectivity index (χ3v) is 5.27. The molecule has 0 saturated carbocycles. The average Bonchev–Trinajstić information content (AvgIpc) is 3.08. The number of benzene rings is 1. The molecule has 0 aliphatic carbocycles. The molecule has 0 radical (unpaired) electrons. The Morgan fingerprint density at radius 1 is 1.17 bits per heavy atom. The van der Waals surface area contributed by atoms with Crippen LogP contribution in [-0.2, 0) is 13.1 Å². The van der Waals surface area contributed by atoms with E-state index in [-0.39, 0.29) is 5.56 Å². The fourth-order valence-corrected chi connectivity index (χ4v) is 3.99. The lowest BCUT2D eigenvalue weighted by molar-refractivity contribution is 0.181. The summed E-state index contributed by atoms with van der Waals surface area (Å²) in [6.45, 7) is 2.68. The van der Waals surface area contributed by atoms with E-state index in [4.69, 9.17) is 4.98 Å². The van der Waals surface area contributed by atoms with Crippen LogP contribution in [0.25, 0.3) is 22.0 Å². The van der Waals surface area contributed by atoms with Crippen LogP contribution in [0, 0.1) is 0 Å². The minimum atomic E-state index is 0.0966. The van der Waals surface area contributed by atoms with E-state index in [1.54, 1.807) is 6.20 Å². The maximum atomic E-state index is 12.9. The summed E-state index contributed by atoms with van der Waals surface area (Å²) in [4.78, 5) is 24.4. The molecule has 0 amide bonds. The van der Waals surface area contributed by atoms with Crippen molar-refractivity contribution in [3.63, 3.8) is 0 Å². The monoisotopic (exact) mass is 318 g/mol. The van der Waals surface area contributed by atoms with Crippen LogP contribution in [0.2, 0.25) is 0 Å². The van der Waals surface area contributed by atoms with Crippen LogP contribution in [-0.4, -0.2) is 32.0 Å². The van der Waals surface area contributed by atoms with Crippen LogP contribution >= 0.6 is 0 Å². The molecule has 0 spiro atoms. The summed E-state index contributed by atoms with van der Waals surface area (Å²) < 4.78 is 1.89. The fraction of sp³-hybridized carbons (Fsp3) is 0.316. The topological polar surface area (TPSA) is 51.0 Å². The van der Waals surface area contributed by atoms with Gasteiger partial charge in [0.15, 0.2) is 0 Å². The summed E-state index contributed by atoms with van der Waals surface area (Å²) >= 11 is 0. The van der Waals surface area contributed by atoms with Crippen LogP contribution in [0.1, 0.15) is 18.7 Å². The van der Waals surface area contributed by atoms with Crippen molar-refractivity contribution in [1.29, 1.82) is 0 Å². The summed E-state index contributed by atoms with van der Waals surface area (Å²) in [7, 11) is 0. The Hall–Kier alpha value is -2.53. The largest absolute Gasteiger partial charge is 0.293 e. The molecule has 4 heterocycles. The Bertz CT molecular complexity index is 980. The highest BCUT2D eigenvalue weighted by molar-refractivity contribution is 5.83. The van der Waals surface area contributed by atoms with Gasteiger partial charge in [0.05, 0.1) is 17.4 Å². The van der Waals surface area contributed by atoms with Gasteiger partial charge >= 0.3 is 0 Å². The third kappa shape index (κ3) is 2.08. The van der Waals surface area contributed by atoms with Gasteiger partial charge in [0.25, 0.3) is 5.56 Å². The van der Waals surface area contributed by atoms with Gasteiger partial charge in [0.1, 0.15) is 5.82 Å². The predicted octanol–water partition coefficient (Wildman–Crippen LogP) is 2.44. The van der Waals surface area contributed by atoms with E-state index in [9.17, 15) is 4.79 Å². The molecule has 0 N–H and O–H groups in total. The first-order valence-corrected chi connectivity index (χ1v) is 8.47. The minimum absolute atomic E-state index is 0.0966. The normalized spacial score (nSPS) is 20.1. The van der Waals surface area contributed by atoms with E-state index in [0.29, 0.717) is 11.4 Å². The summed E-state index contributed by atoms with van der Waals surface area (Å²) in [6, 6.07) is 10.3. The molecule has 1 saturated heterocycles. The second kappa shape index (κ2) is 5.24. The lowest BCUT2D eigenvalue weighted by Crippen LogP contribution is -2.43. The Morgan fingerprint density at radius 2 is 2.12 bits per heavy atom. The van der Waals surface area contributed by atoms with Gasteiger partial charge in [0.2, 0.25) is 0 Å². The average molecular weight is 318 g/mol. The molecule has 1 fully saturated rings. The first-order valence-electron chi connectivity index (χ1n) is 8.47. The molecule has 2 aromatic heterocycles. The Labute approximate surface area is 139 Å². The zero-order valence-corrected chi connectivity index (χ0v) is 13.4. The smallest absolute Gasteiger partial charge is 0.261 e. The molecule has 5 heteroatoms. The van der Waals surface area contributed by atoms with Gasteiger partial charge in [-0.15, -0.1) is 0 Å². The third-order valence-electron chi connectivity index (χ3n) is 5.27. The molecule has 0 bridgehead atoms. The highest BCUT2D eigenvalue weighted by Crippen LogP contribution is 2.26. The quantitative estimate of drug-likeness (QED) is 0.691. The molecule has 5 rings (SSSR count). The van der Waals surface area contributed by atoms with Crippen molar-refractivity contribution in [1.82, 2.24) is 19.4 Å². The van der Waals surface area contributed by atoms with Gasteiger partial charge in [0, 0.05) is 30.5 Å². The molecule has 1 unspecified atom stereocenters. The SMILES string of the molecule is O=c1c2ccc(-c3cccnc3)cc2nc2n1CC1CCCN1C2. The van der Waals surface area contributed by atoms with Crippen molar-refractivity contribution >= 4 is 10.9 Å². The zero-order valence-electron chi connectivity index (χ0n) is 13.4. The lowest BCUT2D eigenvalue weighted by atomic mass is 10.1. The van der Waals surface area contributed by atoms with Gasteiger partial charge in [-0.2, -0.15) is 0 Å². The summed E-state index contributed by atoms with van der Waals surface area (Å²) in [6.07, 6.45) is 6.00. The number of rotatable bonds is 1. The van der Waals surface area contributed by atoms with Crippen LogP contribution in [0.4, 0.5) is 0 Å². The van der Waals surface area contributed by atoms with Gasteiger partial charge < -0.3 is 0 Å². The number of hydrogen-bond donors (Lipinski definition) is 0. The number of pyridine rings is 1. The van der Waals surface area contributed by atoms with Crippen molar-refractivity contribution in [3.8, 4) is 11.1 Å². The predicted molar refractivity (Wildman–Crippen MR) is 92.7 cm³/mol. The van der Waals surface area contributed by atoms with Crippen LogP contribution in [0.3, 0.4) is 0 Å². The second-order valence-corrected chi connectivity index (χ2v) is 6.68. The van der Waals surface area contributed by atoms with Crippen molar-refractivity contribution in [2.24, 2.45) is 0 Å². The van der Waals surface area contributed by atoms with Gasteiger partial charge in [-0.05, 0) is 43.1 Å². The van der Waals surface area contributed by atoms with E-state index < -0.39 is 0 Å². The number of nitrogens with zero attached hydrogens (tertiary/aromatic N) is 4. The van der Waals surface area contributed by atoms with Crippen LogP contribution < -0.4 is 5.56 Å². The molecular weight excluding hydrogens is 300 g/mol. The Balaban J connectivity index is 1.67. The second-order valence-electron chi connectivity index (χ2n) is 6.68. The van der Waals surface area contributed by atoms with E-state index in [1.165, 1.54) is 12.8 Å². The molecule has 5 nitrogen and oxygen atoms in total. The van der Waals surface area contributed by atoms with E-state index in [1.807, 2.05) is 41.1 Å². The van der Waals surface area contributed by atoms with Gasteiger partial charge in [-0.1, -0.05) is 12.1 Å². The molecule has 3 aromatic rings. The first-order chi connectivity index (χ1) is 11.8. The van der Waals surface area contributed by atoms with E-state index in [2.05, 4.69) is 9.88 Å². The minimum Gasteiger partial charge on any atom is -0.293 e. The molecule has 2 aliphatic heterocycles. The highest BCUT2D eigenvalue weighted by Gasteiger charge is 2.31. The summed E-state index contributed by atoms with van der Waals surface area (Å²) in [5.74, 6) is 0.897. The Morgan fingerprint density at radius 3 is 3.00 bits per heavy atom. The number of aromatic nitrogens is 3. The maximum Gasteiger partial charge on any atom is 0.261 e. The maximum absolute atomic E-state index is 12.9. The zero-order chi connectivity index (χ0) is 16.1. The van der Waals surface area contributed by atoms with Crippen molar-refractivity contribution in [3.05, 3.63) is 58.9 Å². The van der Waals surface area contributed by atoms with Crippen molar-refractivity contribution in [2.45, 2.75) is 32.0 Å². The molecule has 1 aromatic carbocycles. The van der Waals surface area contributed by atoms with Crippen molar-refractivity contribution in [2.75, 3.05) is 6.54 Å². The van der Waals surface area contributed by atoms with Gasteiger partial charge in [-0.25, -0.2) is 4.98 Å². The van der Waals surface area contributed by atoms with E-state index in [0.717, 1.165) is 42.1 Å². The van der Waals surface area contributed by atoms with Crippen LogP contribution in [0.5, 0.6) is 0 Å². The summed E-state index contributed by atoms with van der Waals surface area (Å²) in [5.41, 5.74) is 2.96. The molecule has 24 heavy (non-hydrogen) atoms. The Kier molecular flexibility index (Phi) is 3.03. The fourth-order valence-electron chi connectivity index (χ4n) is 3.99. The first kappa shape index (κ1) is 13.9. The number of fused-ring (bicyclic) bond motifs is 3. The van der Waals surface area contributed by atoms with Crippen LogP contribution in [0.15, 0.2) is 47.5 Å². The van der Waals surface area contributed by atoms with E-state index >= 15 is 0 Å². The number of hydrogen-bond acceptors (Lipinski definition) is 4. The molecular formula is C19H18N4O.